The maximum absolute atomic E-state index is 12.0. The fraction of sp³-hybridized carbons (Fsp3) is 0.429. The number of nitrogens with one attached hydrogen (secondary N) is 2. The van der Waals surface area contributed by atoms with Crippen LogP contribution in [0.3, 0.4) is 0 Å². The molecule has 0 bridgehead atoms. The zero-order valence-corrected chi connectivity index (χ0v) is 11.7. The number of nitrogens with two attached hydrogens (primary N) is 1. The molecule has 2 rings (SSSR count). The van der Waals surface area contributed by atoms with Gasteiger partial charge in [0.1, 0.15) is 5.82 Å². The Kier molecular flexibility index (Phi) is 3.32. The van der Waals surface area contributed by atoms with Gasteiger partial charge in [-0.15, -0.1) is 0 Å². The summed E-state index contributed by atoms with van der Waals surface area (Å²) >= 11 is 0. The van der Waals surface area contributed by atoms with Gasteiger partial charge >= 0.3 is 0 Å². The number of aromatic nitrogens is 2. The number of hydrogen-bond acceptors (Lipinski definition) is 3. The third-order valence-corrected chi connectivity index (χ3v) is 3.08. The van der Waals surface area contributed by atoms with E-state index in [2.05, 4.69) is 15.3 Å². The molecule has 0 saturated heterocycles. The first-order valence-corrected chi connectivity index (χ1v) is 6.30. The van der Waals surface area contributed by atoms with E-state index in [0.717, 1.165) is 22.5 Å². The van der Waals surface area contributed by atoms with Crippen LogP contribution in [-0.2, 0) is 4.79 Å². The number of carbonyl (C=O) groups is 1. The molecule has 1 heterocycles. The van der Waals surface area contributed by atoms with Gasteiger partial charge in [-0.25, -0.2) is 4.98 Å². The highest BCUT2D eigenvalue weighted by atomic mass is 16.2. The van der Waals surface area contributed by atoms with E-state index in [0.29, 0.717) is 0 Å². The number of rotatable bonds is 2. The lowest BCUT2D eigenvalue weighted by atomic mass is 9.87. The topological polar surface area (TPSA) is 83.8 Å². The summed E-state index contributed by atoms with van der Waals surface area (Å²) in [7, 11) is 0. The molecule has 0 aliphatic rings. The fourth-order valence-electron chi connectivity index (χ4n) is 1.83. The minimum absolute atomic E-state index is 0.178. The SMILES string of the molecule is Cc1nc2ccc(NC(=O)[C@H](N)C(C)(C)C)cc2[nH]1. The van der Waals surface area contributed by atoms with Gasteiger partial charge < -0.3 is 16.0 Å². The molecular weight excluding hydrogens is 240 g/mol. The predicted molar refractivity (Wildman–Crippen MR) is 76.9 cm³/mol. The smallest absolute Gasteiger partial charge is 0.241 e. The van der Waals surface area contributed by atoms with Crippen LogP contribution in [0.5, 0.6) is 0 Å². The summed E-state index contributed by atoms with van der Waals surface area (Å²) < 4.78 is 0. The van der Waals surface area contributed by atoms with E-state index in [1.807, 2.05) is 45.9 Å². The molecule has 0 saturated carbocycles. The molecule has 102 valence electrons. The van der Waals surface area contributed by atoms with Crippen molar-refractivity contribution in [2.75, 3.05) is 5.32 Å². The number of nitrogens with zero attached hydrogens (tertiary/aromatic N) is 1. The number of H-pyrrole nitrogens is 1. The lowest BCUT2D eigenvalue weighted by Crippen LogP contribution is -2.45. The van der Waals surface area contributed by atoms with Gasteiger partial charge in [0.2, 0.25) is 5.91 Å². The Morgan fingerprint density at radius 3 is 2.74 bits per heavy atom. The van der Waals surface area contributed by atoms with Gasteiger partial charge in [0.05, 0.1) is 17.1 Å². The quantitative estimate of drug-likeness (QED) is 0.773. The third kappa shape index (κ3) is 2.93. The minimum atomic E-state index is -0.549. The molecule has 0 spiro atoms. The molecule has 1 aromatic heterocycles. The second-order valence-electron chi connectivity index (χ2n) is 5.89. The van der Waals surface area contributed by atoms with E-state index < -0.39 is 6.04 Å². The second kappa shape index (κ2) is 4.66. The van der Waals surface area contributed by atoms with Crippen molar-refractivity contribution in [3.8, 4) is 0 Å². The van der Waals surface area contributed by atoms with Gasteiger partial charge in [-0.05, 0) is 30.5 Å². The second-order valence-corrected chi connectivity index (χ2v) is 5.89. The number of aryl methyl sites for hydroxylation is 1. The first-order valence-electron chi connectivity index (χ1n) is 6.30. The number of hydrogen-bond donors (Lipinski definition) is 3. The lowest BCUT2D eigenvalue weighted by Gasteiger charge is -2.25. The molecule has 5 heteroatoms. The molecule has 1 amide bonds. The highest BCUT2D eigenvalue weighted by Gasteiger charge is 2.27. The summed E-state index contributed by atoms with van der Waals surface area (Å²) in [6.07, 6.45) is 0. The van der Waals surface area contributed by atoms with E-state index >= 15 is 0 Å². The van der Waals surface area contributed by atoms with Crippen molar-refractivity contribution in [3.05, 3.63) is 24.0 Å². The van der Waals surface area contributed by atoms with E-state index in [1.54, 1.807) is 0 Å². The molecule has 0 aliphatic heterocycles. The van der Waals surface area contributed by atoms with Crippen molar-refractivity contribution >= 4 is 22.6 Å². The van der Waals surface area contributed by atoms with Gasteiger partial charge in [-0.1, -0.05) is 20.8 Å². The molecule has 19 heavy (non-hydrogen) atoms. The monoisotopic (exact) mass is 260 g/mol. The van der Waals surface area contributed by atoms with Crippen LogP contribution in [0.2, 0.25) is 0 Å². The van der Waals surface area contributed by atoms with Crippen LogP contribution < -0.4 is 11.1 Å². The number of amides is 1. The summed E-state index contributed by atoms with van der Waals surface area (Å²) in [4.78, 5) is 19.5. The Morgan fingerprint density at radius 1 is 1.42 bits per heavy atom. The van der Waals surface area contributed by atoms with Gasteiger partial charge in [-0.3, -0.25) is 4.79 Å². The Labute approximate surface area is 112 Å². The zero-order valence-electron chi connectivity index (χ0n) is 11.7. The fourth-order valence-corrected chi connectivity index (χ4v) is 1.83. The Hall–Kier alpha value is -1.88. The largest absolute Gasteiger partial charge is 0.342 e. The molecule has 0 aliphatic carbocycles. The summed E-state index contributed by atoms with van der Waals surface area (Å²) in [5.74, 6) is 0.674. The molecule has 1 atom stereocenters. The third-order valence-electron chi connectivity index (χ3n) is 3.08. The van der Waals surface area contributed by atoms with Crippen LogP contribution in [0, 0.1) is 12.3 Å². The van der Waals surface area contributed by atoms with Gasteiger partial charge in [0.25, 0.3) is 0 Å². The van der Waals surface area contributed by atoms with Crippen molar-refractivity contribution in [1.82, 2.24) is 9.97 Å². The molecule has 0 unspecified atom stereocenters. The minimum Gasteiger partial charge on any atom is -0.342 e. The molecule has 1 aromatic carbocycles. The van der Waals surface area contributed by atoms with Crippen molar-refractivity contribution in [3.63, 3.8) is 0 Å². The summed E-state index contributed by atoms with van der Waals surface area (Å²) in [6.45, 7) is 7.73. The number of carbonyl (C=O) groups excluding carboxylic acids is 1. The average Bonchev–Trinajstić information content (AvgIpc) is 2.66. The molecular formula is C14H20N4O. The highest BCUT2D eigenvalue weighted by molar-refractivity contribution is 5.96. The number of anilines is 1. The molecule has 5 nitrogen and oxygen atoms in total. The van der Waals surface area contributed by atoms with E-state index in [1.165, 1.54) is 0 Å². The highest BCUT2D eigenvalue weighted by Crippen LogP contribution is 2.21. The maximum atomic E-state index is 12.0. The molecule has 2 aromatic rings. The van der Waals surface area contributed by atoms with Gasteiger partial charge in [0, 0.05) is 5.69 Å². The van der Waals surface area contributed by atoms with Crippen LogP contribution in [0.25, 0.3) is 11.0 Å². The van der Waals surface area contributed by atoms with E-state index in [-0.39, 0.29) is 11.3 Å². The number of benzene rings is 1. The Morgan fingerprint density at radius 2 is 2.11 bits per heavy atom. The first kappa shape index (κ1) is 13.5. The van der Waals surface area contributed by atoms with Crippen LogP contribution >= 0.6 is 0 Å². The van der Waals surface area contributed by atoms with Crippen molar-refractivity contribution in [1.29, 1.82) is 0 Å². The molecule has 4 N–H and O–H groups in total. The number of imidazole rings is 1. The van der Waals surface area contributed by atoms with Gasteiger partial charge in [0.15, 0.2) is 0 Å². The van der Waals surface area contributed by atoms with Crippen LogP contribution in [0.15, 0.2) is 18.2 Å². The van der Waals surface area contributed by atoms with Crippen molar-refractivity contribution in [2.45, 2.75) is 33.7 Å². The van der Waals surface area contributed by atoms with Crippen LogP contribution in [-0.4, -0.2) is 21.9 Å². The predicted octanol–water partition coefficient (Wildman–Crippen LogP) is 2.18. The van der Waals surface area contributed by atoms with Crippen molar-refractivity contribution in [2.24, 2.45) is 11.1 Å². The Bertz CT molecular complexity index is 609. The summed E-state index contributed by atoms with van der Waals surface area (Å²) in [6, 6.07) is 5.02. The summed E-state index contributed by atoms with van der Waals surface area (Å²) in [5.41, 5.74) is 8.17. The van der Waals surface area contributed by atoms with E-state index in [9.17, 15) is 4.79 Å². The number of aromatic amines is 1. The Balaban J connectivity index is 2.19. The van der Waals surface area contributed by atoms with Crippen LogP contribution in [0.1, 0.15) is 26.6 Å². The normalized spacial score (nSPS) is 13.5. The molecule has 0 radical (unpaired) electrons. The first-order chi connectivity index (χ1) is 8.77. The molecule has 0 fully saturated rings. The maximum Gasteiger partial charge on any atom is 0.241 e. The van der Waals surface area contributed by atoms with E-state index in [4.69, 9.17) is 5.73 Å². The zero-order chi connectivity index (χ0) is 14.2. The van der Waals surface area contributed by atoms with Crippen LogP contribution in [0.4, 0.5) is 5.69 Å². The number of fused-ring (bicyclic) bond motifs is 1. The standard InChI is InChI=1S/C14H20N4O/c1-8-16-10-6-5-9(7-11(10)17-8)18-13(19)12(15)14(2,3)4/h5-7,12H,15H2,1-4H3,(H,16,17)(H,18,19)/t12-/m0/s1. The average molecular weight is 260 g/mol. The summed E-state index contributed by atoms with van der Waals surface area (Å²) in [5, 5.41) is 2.84. The van der Waals surface area contributed by atoms with Crippen molar-refractivity contribution < 1.29 is 4.79 Å². The lowest BCUT2D eigenvalue weighted by molar-refractivity contribution is -0.119. The van der Waals surface area contributed by atoms with Gasteiger partial charge in [-0.2, -0.15) is 0 Å².